The lowest BCUT2D eigenvalue weighted by Gasteiger charge is -2.25. The standard InChI is InChI=1S/C18H36N2O6/c1-4-5-7-10-19-17(25)15(23)13(21)14(22)16(24)18(26)20-11-8-6-9-12(2)3/h12-16,21-24H,4-11H2,1-3H3,(H,19,25)(H,20,26). The van der Waals surface area contributed by atoms with E-state index in [4.69, 9.17) is 0 Å². The molecule has 0 radical (unpaired) electrons. The highest BCUT2D eigenvalue weighted by molar-refractivity contribution is 5.83. The average molecular weight is 376 g/mol. The third-order valence-electron chi connectivity index (χ3n) is 4.12. The number of amides is 2. The van der Waals surface area contributed by atoms with Crippen molar-refractivity contribution in [3.8, 4) is 0 Å². The van der Waals surface area contributed by atoms with E-state index in [1.807, 2.05) is 6.92 Å². The van der Waals surface area contributed by atoms with Crippen LogP contribution in [0.3, 0.4) is 0 Å². The molecule has 6 N–H and O–H groups in total. The fraction of sp³-hybridized carbons (Fsp3) is 0.889. The molecule has 0 aliphatic rings. The summed E-state index contributed by atoms with van der Waals surface area (Å²) in [6.45, 7) is 6.89. The summed E-state index contributed by atoms with van der Waals surface area (Å²) < 4.78 is 0. The highest BCUT2D eigenvalue weighted by Gasteiger charge is 2.37. The van der Waals surface area contributed by atoms with Gasteiger partial charge in [0.15, 0.2) is 12.2 Å². The Morgan fingerprint density at radius 2 is 1.19 bits per heavy atom. The number of nitrogens with one attached hydrogen (secondary N) is 2. The van der Waals surface area contributed by atoms with Crippen molar-refractivity contribution >= 4 is 11.8 Å². The Morgan fingerprint density at radius 3 is 1.58 bits per heavy atom. The van der Waals surface area contributed by atoms with Gasteiger partial charge in [-0.25, -0.2) is 0 Å². The molecule has 0 fully saturated rings. The van der Waals surface area contributed by atoms with Crippen molar-refractivity contribution in [1.29, 1.82) is 0 Å². The number of carbonyl (C=O) groups is 2. The number of aliphatic hydroxyl groups is 4. The molecule has 0 aromatic heterocycles. The van der Waals surface area contributed by atoms with E-state index in [0.717, 1.165) is 38.5 Å². The van der Waals surface area contributed by atoms with Crippen molar-refractivity contribution in [3.63, 3.8) is 0 Å². The van der Waals surface area contributed by atoms with Crippen LogP contribution >= 0.6 is 0 Å². The van der Waals surface area contributed by atoms with Crippen molar-refractivity contribution in [2.45, 2.75) is 83.7 Å². The number of hydrogen-bond donors (Lipinski definition) is 6. The highest BCUT2D eigenvalue weighted by atomic mass is 16.4. The molecule has 2 amide bonds. The van der Waals surface area contributed by atoms with Crippen LogP contribution in [0.2, 0.25) is 0 Å². The zero-order chi connectivity index (χ0) is 20.1. The Hall–Kier alpha value is -1.22. The maximum atomic E-state index is 11.8. The topological polar surface area (TPSA) is 139 Å². The molecule has 0 saturated heterocycles. The van der Waals surface area contributed by atoms with Crippen LogP contribution in [0.15, 0.2) is 0 Å². The Labute approximate surface area is 156 Å². The summed E-state index contributed by atoms with van der Waals surface area (Å²) in [6, 6.07) is 0. The molecule has 8 heteroatoms. The van der Waals surface area contributed by atoms with E-state index < -0.39 is 36.2 Å². The van der Waals surface area contributed by atoms with E-state index in [-0.39, 0.29) is 0 Å². The minimum Gasteiger partial charge on any atom is -0.387 e. The lowest BCUT2D eigenvalue weighted by molar-refractivity contribution is -0.155. The van der Waals surface area contributed by atoms with Gasteiger partial charge in [-0.1, -0.05) is 46.5 Å². The third-order valence-corrected chi connectivity index (χ3v) is 4.12. The molecular formula is C18H36N2O6. The van der Waals surface area contributed by atoms with Gasteiger partial charge < -0.3 is 31.1 Å². The predicted molar refractivity (Wildman–Crippen MR) is 98.3 cm³/mol. The van der Waals surface area contributed by atoms with E-state index >= 15 is 0 Å². The third kappa shape index (κ3) is 10.1. The molecule has 154 valence electrons. The minimum absolute atomic E-state index is 0.339. The van der Waals surface area contributed by atoms with Crippen LogP contribution in [0, 0.1) is 5.92 Å². The van der Waals surface area contributed by atoms with Gasteiger partial charge >= 0.3 is 0 Å². The predicted octanol–water partition coefficient (Wildman–Crippen LogP) is -0.321. The van der Waals surface area contributed by atoms with Crippen LogP contribution in [-0.4, -0.2) is 69.7 Å². The Kier molecular flexibility index (Phi) is 13.3. The van der Waals surface area contributed by atoms with E-state index in [9.17, 15) is 30.0 Å². The number of unbranched alkanes of at least 4 members (excludes halogenated alkanes) is 3. The lowest BCUT2D eigenvalue weighted by atomic mass is 10.0. The number of aliphatic hydroxyl groups excluding tert-OH is 4. The van der Waals surface area contributed by atoms with Crippen LogP contribution in [0.1, 0.15) is 59.3 Å². The quantitative estimate of drug-likeness (QED) is 0.230. The van der Waals surface area contributed by atoms with Gasteiger partial charge in [0.05, 0.1) is 0 Å². The normalized spacial score (nSPS) is 16.0. The monoisotopic (exact) mass is 376 g/mol. The molecule has 26 heavy (non-hydrogen) atoms. The van der Waals surface area contributed by atoms with Crippen molar-refractivity contribution in [2.24, 2.45) is 5.92 Å². The number of rotatable bonds is 14. The first-order valence-corrected chi connectivity index (χ1v) is 9.50. The second-order valence-electron chi connectivity index (χ2n) is 7.05. The highest BCUT2D eigenvalue weighted by Crippen LogP contribution is 2.08. The Balaban J connectivity index is 4.26. The van der Waals surface area contributed by atoms with E-state index in [2.05, 4.69) is 24.5 Å². The second-order valence-corrected chi connectivity index (χ2v) is 7.05. The van der Waals surface area contributed by atoms with Crippen molar-refractivity contribution in [3.05, 3.63) is 0 Å². The van der Waals surface area contributed by atoms with Gasteiger partial charge in [0.25, 0.3) is 11.8 Å². The maximum absolute atomic E-state index is 11.8. The summed E-state index contributed by atoms with van der Waals surface area (Å²) in [6.07, 6.45) is -2.50. The average Bonchev–Trinajstić information content (AvgIpc) is 2.61. The maximum Gasteiger partial charge on any atom is 0.251 e. The summed E-state index contributed by atoms with van der Waals surface area (Å²) in [5, 5.41) is 44.2. The SMILES string of the molecule is CCCCCNC(=O)C(O)C(O)C(O)C(O)C(=O)NCCCCC(C)C. The molecule has 4 unspecified atom stereocenters. The van der Waals surface area contributed by atoms with Gasteiger partial charge in [0.2, 0.25) is 0 Å². The molecule has 0 saturated carbocycles. The molecule has 4 atom stereocenters. The van der Waals surface area contributed by atoms with Crippen LogP contribution in [-0.2, 0) is 9.59 Å². The molecule has 0 aromatic carbocycles. The fourth-order valence-electron chi connectivity index (χ4n) is 2.37. The molecule has 0 aliphatic carbocycles. The lowest BCUT2D eigenvalue weighted by Crippen LogP contribution is -2.54. The molecule has 0 aromatic rings. The zero-order valence-corrected chi connectivity index (χ0v) is 16.1. The largest absolute Gasteiger partial charge is 0.387 e. The van der Waals surface area contributed by atoms with Crippen LogP contribution in [0.25, 0.3) is 0 Å². The van der Waals surface area contributed by atoms with Gasteiger partial charge in [0, 0.05) is 13.1 Å². The van der Waals surface area contributed by atoms with Gasteiger partial charge in [-0.2, -0.15) is 0 Å². The molecule has 0 aliphatic heterocycles. The van der Waals surface area contributed by atoms with Crippen LogP contribution in [0.4, 0.5) is 0 Å². The van der Waals surface area contributed by atoms with Crippen molar-refractivity contribution in [1.82, 2.24) is 10.6 Å². The second kappa shape index (κ2) is 13.9. The minimum atomic E-state index is -1.97. The van der Waals surface area contributed by atoms with Gasteiger partial charge in [-0.3, -0.25) is 9.59 Å². The molecule has 0 bridgehead atoms. The first-order chi connectivity index (χ1) is 12.2. The molecule has 0 rings (SSSR count). The van der Waals surface area contributed by atoms with Crippen LogP contribution < -0.4 is 10.6 Å². The van der Waals surface area contributed by atoms with Crippen molar-refractivity contribution in [2.75, 3.05) is 13.1 Å². The first kappa shape index (κ1) is 24.8. The first-order valence-electron chi connectivity index (χ1n) is 9.50. The summed E-state index contributed by atoms with van der Waals surface area (Å²) in [7, 11) is 0. The van der Waals surface area contributed by atoms with Crippen molar-refractivity contribution < 1.29 is 30.0 Å². The van der Waals surface area contributed by atoms with Gasteiger partial charge in [-0.15, -0.1) is 0 Å². The fourth-order valence-corrected chi connectivity index (χ4v) is 2.37. The smallest absolute Gasteiger partial charge is 0.251 e. The van der Waals surface area contributed by atoms with E-state index in [0.29, 0.717) is 19.0 Å². The Morgan fingerprint density at radius 1 is 0.769 bits per heavy atom. The molecule has 8 nitrogen and oxygen atoms in total. The number of carbonyl (C=O) groups excluding carboxylic acids is 2. The molecule has 0 spiro atoms. The summed E-state index contributed by atoms with van der Waals surface area (Å²) in [4.78, 5) is 23.5. The van der Waals surface area contributed by atoms with Crippen LogP contribution in [0.5, 0.6) is 0 Å². The summed E-state index contributed by atoms with van der Waals surface area (Å²) in [5.74, 6) is -1.13. The summed E-state index contributed by atoms with van der Waals surface area (Å²) in [5.41, 5.74) is 0. The molecule has 0 heterocycles. The summed E-state index contributed by atoms with van der Waals surface area (Å²) >= 11 is 0. The van der Waals surface area contributed by atoms with E-state index in [1.165, 1.54) is 0 Å². The molecular weight excluding hydrogens is 340 g/mol. The van der Waals surface area contributed by atoms with E-state index in [1.54, 1.807) is 0 Å². The van der Waals surface area contributed by atoms with Gasteiger partial charge in [-0.05, 0) is 18.8 Å². The van der Waals surface area contributed by atoms with Gasteiger partial charge in [0.1, 0.15) is 12.2 Å². The Bertz CT molecular complexity index is 405. The number of hydrogen-bond acceptors (Lipinski definition) is 6. The zero-order valence-electron chi connectivity index (χ0n) is 16.1.